The number of nitrogens with one attached hydrogen (secondary N) is 1. The van der Waals surface area contributed by atoms with Gasteiger partial charge in [-0.1, -0.05) is 6.08 Å². The van der Waals surface area contributed by atoms with Crippen molar-refractivity contribution in [2.75, 3.05) is 19.5 Å². The lowest BCUT2D eigenvalue weighted by molar-refractivity contribution is -0.274. The van der Waals surface area contributed by atoms with Gasteiger partial charge in [-0.05, 0) is 42.8 Å². The number of hydrogen-bond acceptors (Lipinski definition) is 4. The van der Waals surface area contributed by atoms with Gasteiger partial charge in [-0.25, -0.2) is 0 Å². The Labute approximate surface area is 154 Å². The summed E-state index contributed by atoms with van der Waals surface area (Å²) in [5, 5.41) is 2.61. The number of ether oxygens (including phenoxy) is 3. The van der Waals surface area contributed by atoms with Crippen LogP contribution >= 0.6 is 0 Å². The molecule has 0 unspecified atom stereocenters. The summed E-state index contributed by atoms with van der Waals surface area (Å²) in [4.78, 5) is 12.5. The van der Waals surface area contributed by atoms with Crippen LogP contribution in [0.4, 0.5) is 18.9 Å². The molecule has 2 aromatic carbocycles. The fraction of sp³-hybridized carbons (Fsp3) is 0.211. The lowest BCUT2D eigenvalue weighted by atomic mass is 10.0. The summed E-state index contributed by atoms with van der Waals surface area (Å²) in [6, 6.07) is 8.00. The zero-order chi connectivity index (χ0) is 20.0. The van der Waals surface area contributed by atoms with E-state index in [0.717, 1.165) is 12.1 Å². The largest absolute Gasteiger partial charge is 0.573 e. The van der Waals surface area contributed by atoms with Crippen LogP contribution in [0.25, 0.3) is 0 Å². The lowest BCUT2D eigenvalue weighted by Gasteiger charge is -2.14. The van der Waals surface area contributed by atoms with E-state index in [2.05, 4.69) is 16.6 Å². The van der Waals surface area contributed by atoms with E-state index in [0.29, 0.717) is 34.7 Å². The molecule has 0 aliphatic carbocycles. The Balaban J connectivity index is 2.22. The number of anilines is 1. The third kappa shape index (κ3) is 5.40. The van der Waals surface area contributed by atoms with Gasteiger partial charge in [0.2, 0.25) is 0 Å². The van der Waals surface area contributed by atoms with Gasteiger partial charge in [-0.2, -0.15) is 0 Å². The molecule has 2 rings (SSSR count). The molecule has 0 spiro atoms. The molecule has 0 bridgehead atoms. The van der Waals surface area contributed by atoms with E-state index in [1.165, 1.54) is 32.4 Å². The van der Waals surface area contributed by atoms with Crippen molar-refractivity contribution < 1.29 is 32.2 Å². The Morgan fingerprint density at radius 3 is 2.33 bits per heavy atom. The van der Waals surface area contributed by atoms with Gasteiger partial charge in [-0.3, -0.25) is 4.79 Å². The minimum atomic E-state index is -4.77. The maximum absolute atomic E-state index is 12.5. The number of methoxy groups -OCH3 is 2. The highest BCUT2D eigenvalue weighted by Crippen LogP contribution is 2.33. The molecule has 8 heteroatoms. The summed E-state index contributed by atoms with van der Waals surface area (Å²) in [5.41, 5.74) is 1.33. The first-order valence-electron chi connectivity index (χ1n) is 7.80. The van der Waals surface area contributed by atoms with E-state index < -0.39 is 12.3 Å². The molecule has 0 aliphatic rings. The Kier molecular flexibility index (Phi) is 6.33. The predicted molar refractivity (Wildman–Crippen MR) is 94.5 cm³/mol. The van der Waals surface area contributed by atoms with Gasteiger partial charge in [0.05, 0.1) is 14.2 Å². The molecule has 1 N–H and O–H groups in total. The predicted octanol–water partition coefficient (Wildman–Crippen LogP) is 4.58. The van der Waals surface area contributed by atoms with Crippen LogP contribution in [-0.4, -0.2) is 26.5 Å². The number of alkyl halides is 3. The molecular formula is C19H18F3NO4. The van der Waals surface area contributed by atoms with E-state index >= 15 is 0 Å². The van der Waals surface area contributed by atoms with Gasteiger partial charge in [0.1, 0.15) is 5.75 Å². The average Bonchev–Trinajstić information content (AvgIpc) is 2.61. The number of hydrogen-bond donors (Lipinski definition) is 1. The van der Waals surface area contributed by atoms with Gasteiger partial charge in [0.25, 0.3) is 5.91 Å². The van der Waals surface area contributed by atoms with E-state index in [1.54, 1.807) is 12.1 Å². The molecule has 1 amide bonds. The molecular weight excluding hydrogens is 363 g/mol. The van der Waals surface area contributed by atoms with Crippen molar-refractivity contribution in [3.8, 4) is 17.2 Å². The fourth-order valence-corrected chi connectivity index (χ4v) is 2.42. The van der Waals surface area contributed by atoms with Crippen molar-refractivity contribution in [3.05, 3.63) is 60.2 Å². The molecule has 144 valence electrons. The molecule has 0 aromatic heterocycles. The van der Waals surface area contributed by atoms with E-state index in [4.69, 9.17) is 9.47 Å². The molecule has 0 saturated carbocycles. The molecule has 0 aliphatic heterocycles. The summed E-state index contributed by atoms with van der Waals surface area (Å²) in [7, 11) is 2.95. The van der Waals surface area contributed by atoms with Gasteiger partial charge >= 0.3 is 6.36 Å². The molecule has 0 atom stereocenters. The summed E-state index contributed by atoms with van der Waals surface area (Å²) in [5.74, 6) is 0.0594. The monoisotopic (exact) mass is 381 g/mol. The smallest absolute Gasteiger partial charge is 0.493 e. The first-order valence-corrected chi connectivity index (χ1v) is 7.80. The number of carbonyl (C=O) groups is 1. The zero-order valence-corrected chi connectivity index (χ0v) is 14.7. The zero-order valence-electron chi connectivity index (χ0n) is 14.7. The van der Waals surface area contributed by atoms with Gasteiger partial charge in [-0.15, -0.1) is 19.8 Å². The van der Waals surface area contributed by atoms with Gasteiger partial charge < -0.3 is 19.5 Å². The second kappa shape index (κ2) is 8.48. The van der Waals surface area contributed by atoms with Crippen molar-refractivity contribution in [2.45, 2.75) is 12.8 Å². The molecule has 0 radical (unpaired) electrons. The number of halogens is 3. The number of benzene rings is 2. The second-order valence-corrected chi connectivity index (χ2v) is 5.39. The van der Waals surface area contributed by atoms with E-state index in [-0.39, 0.29) is 5.75 Å². The topological polar surface area (TPSA) is 56.8 Å². The van der Waals surface area contributed by atoms with Crippen molar-refractivity contribution >= 4 is 11.6 Å². The van der Waals surface area contributed by atoms with Crippen LogP contribution in [0.15, 0.2) is 49.1 Å². The summed E-state index contributed by atoms with van der Waals surface area (Å²) in [6.07, 6.45) is -2.64. The average molecular weight is 381 g/mol. The molecule has 27 heavy (non-hydrogen) atoms. The van der Waals surface area contributed by atoms with Crippen LogP contribution < -0.4 is 19.5 Å². The summed E-state index contributed by atoms with van der Waals surface area (Å²) in [6.45, 7) is 3.67. The summed E-state index contributed by atoms with van der Waals surface area (Å²) < 4.78 is 50.9. The minimum Gasteiger partial charge on any atom is -0.493 e. The SMILES string of the molecule is C=CCc1cc(C(=O)Nc2ccc(OC(F)(F)F)cc2)cc(OC)c1OC. The third-order valence-electron chi connectivity index (χ3n) is 3.53. The fourth-order valence-electron chi connectivity index (χ4n) is 2.42. The summed E-state index contributed by atoms with van der Waals surface area (Å²) >= 11 is 0. The van der Waals surface area contributed by atoms with Crippen LogP contribution in [0.5, 0.6) is 17.2 Å². The Hall–Kier alpha value is -3.16. The van der Waals surface area contributed by atoms with E-state index in [1.807, 2.05) is 0 Å². The highest BCUT2D eigenvalue weighted by molar-refractivity contribution is 6.04. The Morgan fingerprint density at radius 1 is 1.15 bits per heavy atom. The standard InChI is InChI=1S/C19H18F3NO4/c1-4-5-12-10-13(11-16(25-2)17(12)26-3)18(24)23-14-6-8-15(9-7-14)27-19(20,21)22/h4,6-11H,1,5H2,2-3H3,(H,23,24). The van der Waals surface area contributed by atoms with Crippen molar-refractivity contribution in [1.82, 2.24) is 0 Å². The van der Waals surface area contributed by atoms with Crippen LogP contribution in [0.3, 0.4) is 0 Å². The number of carbonyl (C=O) groups excluding carboxylic acids is 1. The lowest BCUT2D eigenvalue weighted by Crippen LogP contribution is -2.17. The van der Waals surface area contributed by atoms with E-state index in [9.17, 15) is 18.0 Å². The first-order chi connectivity index (χ1) is 12.8. The molecule has 5 nitrogen and oxygen atoms in total. The molecule has 2 aromatic rings. The highest BCUT2D eigenvalue weighted by atomic mass is 19.4. The maximum Gasteiger partial charge on any atom is 0.573 e. The van der Waals surface area contributed by atoms with Crippen molar-refractivity contribution in [3.63, 3.8) is 0 Å². The second-order valence-electron chi connectivity index (χ2n) is 5.39. The number of amides is 1. The molecule has 0 saturated heterocycles. The van der Waals surface area contributed by atoms with Crippen LogP contribution in [0.2, 0.25) is 0 Å². The highest BCUT2D eigenvalue weighted by Gasteiger charge is 2.31. The maximum atomic E-state index is 12.5. The first kappa shape index (κ1) is 20.2. The van der Waals surface area contributed by atoms with Crippen LogP contribution in [-0.2, 0) is 6.42 Å². The Bertz CT molecular complexity index is 817. The van der Waals surface area contributed by atoms with Crippen LogP contribution in [0.1, 0.15) is 15.9 Å². The Morgan fingerprint density at radius 2 is 1.81 bits per heavy atom. The molecule has 0 fully saturated rings. The van der Waals surface area contributed by atoms with Crippen molar-refractivity contribution in [1.29, 1.82) is 0 Å². The van der Waals surface area contributed by atoms with Crippen LogP contribution in [0, 0.1) is 0 Å². The van der Waals surface area contributed by atoms with Crippen molar-refractivity contribution in [2.24, 2.45) is 0 Å². The number of rotatable bonds is 7. The molecule has 0 heterocycles. The normalized spacial score (nSPS) is 10.9. The quantitative estimate of drug-likeness (QED) is 0.713. The minimum absolute atomic E-state index is 0.306. The third-order valence-corrected chi connectivity index (χ3v) is 3.53. The van der Waals surface area contributed by atoms with Gasteiger partial charge in [0, 0.05) is 16.8 Å². The van der Waals surface area contributed by atoms with Gasteiger partial charge in [0.15, 0.2) is 11.5 Å². The number of allylic oxidation sites excluding steroid dienone is 1.